The highest BCUT2D eigenvalue weighted by atomic mass is 32.2. The van der Waals surface area contributed by atoms with Gasteiger partial charge in [0, 0.05) is 30.9 Å². The Labute approximate surface area is 85.4 Å². The van der Waals surface area contributed by atoms with Crippen molar-refractivity contribution in [2.45, 2.75) is 31.1 Å². The Morgan fingerprint density at radius 1 is 1.46 bits per heavy atom. The lowest BCUT2D eigenvalue weighted by Crippen LogP contribution is -2.59. The van der Waals surface area contributed by atoms with Crippen LogP contribution in [0.15, 0.2) is 0 Å². The van der Waals surface area contributed by atoms with Gasteiger partial charge in [-0.05, 0) is 25.1 Å². The molecule has 0 aromatic heterocycles. The van der Waals surface area contributed by atoms with Crippen molar-refractivity contribution >= 4 is 11.8 Å². The molecular weight excluding hydrogens is 180 g/mol. The van der Waals surface area contributed by atoms with Crippen molar-refractivity contribution in [1.29, 1.82) is 0 Å². The first-order valence-corrected chi connectivity index (χ1v) is 6.51. The third kappa shape index (κ3) is 2.39. The number of thioether (sulfide) groups is 1. The second-order valence-corrected chi connectivity index (χ2v) is 5.60. The van der Waals surface area contributed by atoms with Crippen LogP contribution in [-0.4, -0.2) is 48.1 Å². The van der Waals surface area contributed by atoms with Crippen molar-refractivity contribution in [1.82, 2.24) is 10.2 Å². The summed E-state index contributed by atoms with van der Waals surface area (Å²) in [7, 11) is 0. The monoisotopic (exact) mass is 200 g/mol. The van der Waals surface area contributed by atoms with E-state index in [0.717, 1.165) is 11.3 Å². The fourth-order valence-electron chi connectivity index (χ4n) is 2.20. The molecule has 0 bridgehead atoms. The van der Waals surface area contributed by atoms with Crippen LogP contribution >= 0.6 is 11.8 Å². The molecule has 13 heavy (non-hydrogen) atoms. The van der Waals surface area contributed by atoms with Crippen molar-refractivity contribution < 1.29 is 0 Å². The van der Waals surface area contributed by atoms with E-state index < -0.39 is 0 Å². The van der Waals surface area contributed by atoms with E-state index in [1.165, 1.54) is 44.8 Å². The zero-order valence-corrected chi connectivity index (χ0v) is 9.28. The zero-order valence-electron chi connectivity index (χ0n) is 8.46. The van der Waals surface area contributed by atoms with Gasteiger partial charge in [-0.3, -0.25) is 4.90 Å². The molecule has 2 heterocycles. The largest absolute Gasteiger partial charge is 0.314 e. The summed E-state index contributed by atoms with van der Waals surface area (Å²) in [6.45, 7) is 7.40. The molecule has 2 nitrogen and oxygen atoms in total. The minimum atomic E-state index is 0.861. The van der Waals surface area contributed by atoms with Crippen LogP contribution in [0.3, 0.4) is 0 Å². The minimum absolute atomic E-state index is 0.861. The topological polar surface area (TPSA) is 15.3 Å². The average molecular weight is 200 g/mol. The van der Waals surface area contributed by atoms with Crippen molar-refractivity contribution in [2.75, 3.05) is 31.9 Å². The fraction of sp³-hybridized carbons (Fsp3) is 1.00. The first kappa shape index (κ1) is 9.81. The Morgan fingerprint density at radius 2 is 2.31 bits per heavy atom. The number of likely N-dealkylation sites (tertiary alicyclic amines) is 1. The van der Waals surface area contributed by atoms with Gasteiger partial charge in [0.2, 0.25) is 0 Å². The summed E-state index contributed by atoms with van der Waals surface area (Å²) in [4.78, 5) is 2.69. The number of nitrogens with one attached hydrogen (secondary N) is 1. The summed E-state index contributed by atoms with van der Waals surface area (Å²) < 4.78 is 0. The molecule has 2 rings (SSSR count). The molecular formula is C10H20N2S. The normalized spacial score (nSPS) is 31.6. The highest BCUT2D eigenvalue weighted by Gasteiger charge is 2.28. The van der Waals surface area contributed by atoms with Crippen LogP contribution < -0.4 is 5.32 Å². The van der Waals surface area contributed by atoms with Gasteiger partial charge in [-0.1, -0.05) is 6.92 Å². The highest BCUT2D eigenvalue weighted by molar-refractivity contribution is 7.99. The fourth-order valence-corrected chi connectivity index (χ4v) is 3.30. The smallest absolute Gasteiger partial charge is 0.0345 e. The van der Waals surface area contributed by atoms with Gasteiger partial charge >= 0.3 is 0 Å². The van der Waals surface area contributed by atoms with Gasteiger partial charge in [0.1, 0.15) is 0 Å². The van der Waals surface area contributed by atoms with E-state index in [0.29, 0.717) is 0 Å². The van der Waals surface area contributed by atoms with Crippen molar-refractivity contribution in [3.63, 3.8) is 0 Å². The molecule has 0 aliphatic carbocycles. The van der Waals surface area contributed by atoms with Crippen LogP contribution in [0.4, 0.5) is 0 Å². The summed E-state index contributed by atoms with van der Waals surface area (Å²) in [6.07, 6.45) is 2.85. The molecule has 0 radical (unpaired) electrons. The van der Waals surface area contributed by atoms with Gasteiger partial charge in [-0.2, -0.15) is 11.8 Å². The van der Waals surface area contributed by atoms with Crippen molar-refractivity contribution in [3.8, 4) is 0 Å². The van der Waals surface area contributed by atoms with E-state index in [1.54, 1.807) is 0 Å². The van der Waals surface area contributed by atoms with E-state index >= 15 is 0 Å². The quantitative estimate of drug-likeness (QED) is 0.736. The molecule has 1 unspecified atom stereocenters. The molecule has 0 saturated carbocycles. The Balaban J connectivity index is 1.77. The molecule has 76 valence electrons. The number of nitrogens with zero attached hydrogens (tertiary/aromatic N) is 1. The molecule has 0 spiro atoms. The van der Waals surface area contributed by atoms with E-state index in [9.17, 15) is 0 Å². The lowest BCUT2D eigenvalue weighted by molar-refractivity contribution is 0.124. The molecule has 2 aliphatic heterocycles. The Bertz CT molecular complexity index is 157. The van der Waals surface area contributed by atoms with Crippen LogP contribution in [-0.2, 0) is 0 Å². The predicted molar refractivity (Wildman–Crippen MR) is 59.4 cm³/mol. The zero-order chi connectivity index (χ0) is 9.10. The van der Waals surface area contributed by atoms with Gasteiger partial charge in [0.25, 0.3) is 0 Å². The Morgan fingerprint density at radius 3 is 2.92 bits per heavy atom. The molecule has 0 aromatic carbocycles. The second-order valence-electron chi connectivity index (χ2n) is 4.03. The molecule has 2 fully saturated rings. The maximum atomic E-state index is 3.36. The van der Waals surface area contributed by atoms with Crippen LogP contribution in [0.5, 0.6) is 0 Å². The SMILES string of the molecule is CCSC1CCCN(C2CNC2)C1. The van der Waals surface area contributed by atoms with Crippen LogP contribution in [0.2, 0.25) is 0 Å². The number of rotatable bonds is 3. The van der Waals surface area contributed by atoms with Gasteiger partial charge in [-0.15, -0.1) is 0 Å². The third-order valence-corrected chi connectivity index (χ3v) is 4.28. The minimum Gasteiger partial charge on any atom is -0.314 e. The predicted octanol–water partition coefficient (Wildman–Crippen LogP) is 1.18. The molecule has 2 aliphatic rings. The van der Waals surface area contributed by atoms with Gasteiger partial charge in [-0.25, -0.2) is 0 Å². The van der Waals surface area contributed by atoms with Gasteiger partial charge in [0.15, 0.2) is 0 Å². The summed E-state index contributed by atoms with van der Waals surface area (Å²) in [6, 6.07) is 0.861. The molecule has 0 aromatic rings. The van der Waals surface area contributed by atoms with E-state index in [4.69, 9.17) is 0 Å². The lowest BCUT2D eigenvalue weighted by Gasteiger charge is -2.42. The number of hydrogen-bond acceptors (Lipinski definition) is 3. The standard InChI is InChI=1S/C10H20N2S/c1-2-13-10-4-3-5-12(8-10)9-6-11-7-9/h9-11H,2-8H2,1H3. The summed E-state index contributed by atoms with van der Waals surface area (Å²) in [5, 5.41) is 4.27. The van der Waals surface area contributed by atoms with Gasteiger partial charge in [0.05, 0.1) is 0 Å². The van der Waals surface area contributed by atoms with Crippen LogP contribution in [0.25, 0.3) is 0 Å². The maximum absolute atomic E-state index is 3.36. The van der Waals surface area contributed by atoms with Crippen LogP contribution in [0.1, 0.15) is 19.8 Å². The van der Waals surface area contributed by atoms with Crippen molar-refractivity contribution in [2.24, 2.45) is 0 Å². The van der Waals surface area contributed by atoms with Crippen molar-refractivity contribution in [3.05, 3.63) is 0 Å². The first-order valence-electron chi connectivity index (χ1n) is 5.46. The number of piperidine rings is 1. The third-order valence-electron chi connectivity index (χ3n) is 3.09. The molecule has 3 heteroatoms. The summed E-state index contributed by atoms with van der Waals surface area (Å²) >= 11 is 2.15. The highest BCUT2D eigenvalue weighted by Crippen LogP contribution is 2.24. The maximum Gasteiger partial charge on any atom is 0.0345 e. The number of hydrogen-bond donors (Lipinski definition) is 1. The lowest BCUT2D eigenvalue weighted by atomic mass is 10.0. The average Bonchev–Trinajstić information content (AvgIpc) is 2.02. The molecule has 2 saturated heterocycles. The van der Waals surface area contributed by atoms with Gasteiger partial charge < -0.3 is 5.32 Å². The Hall–Kier alpha value is 0.270. The van der Waals surface area contributed by atoms with Crippen LogP contribution in [0, 0.1) is 0 Å². The summed E-state index contributed by atoms with van der Waals surface area (Å²) in [5.41, 5.74) is 0. The Kier molecular flexibility index (Phi) is 3.52. The van der Waals surface area contributed by atoms with E-state index in [-0.39, 0.29) is 0 Å². The summed E-state index contributed by atoms with van der Waals surface area (Å²) in [5.74, 6) is 1.28. The molecule has 1 atom stereocenters. The molecule has 1 N–H and O–H groups in total. The second kappa shape index (κ2) is 4.67. The van der Waals surface area contributed by atoms with E-state index in [2.05, 4.69) is 28.9 Å². The van der Waals surface area contributed by atoms with E-state index in [1.807, 2.05) is 0 Å². The molecule has 0 amide bonds. The first-order chi connectivity index (χ1) is 6.40.